The molecule has 6 heteroatoms. The summed E-state index contributed by atoms with van der Waals surface area (Å²) in [5.41, 5.74) is 0.231. The van der Waals surface area contributed by atoms with E-state index in [9.17, 15) is 14.0 Å². The first kappa shape index (κ1) is 18.1. The fourth-order valence-corrected chi connectivity index (χ4v) is 1.88. The molecule has 0 aliphatic heterocycles. The molecule has 0 aliphatic rings. The number of halogens is 1. The van der Waals surface area contributed by atoms with Gasteiger partial charge in [0.1, 0.15) is 5.82 Å². The SMILES string of the molecule is CCN(CC(=O)Nc1ccc(F)cc1)CC(=O)NC(C)(C)C. The smallest absolute Gasteiger partial charge is 0.238 e. The van der Waals surface area contributed by atoms with Gasteiger partial charge in [-0.05, 0) is 51.6 Å². The Hall–Kier alpha value is -1.95. The number of hydrogen-bond acceptors (Lipinski definition) is 3. The van der Waals surface area contributed by atoms with Crippen LogP contribution in [-0.2, 0) is 9.59 Å². The zero-order valence-corrected chi connectivity index (χ0v) is 13.6. The van der Waals surface area contributed by atoms with E-state index in [1.54, 1.807) is 4.90 Å². The van der Waals surface area contributed by atoms with Crippen LogP contribution in [0.25, 0.3) is 0 Å². The molecule has 0 aromatic heterocycles. The second-order valence-corrected chi connectivity index (χ2v) is 6.16. The Morgan fingerprint density at radius 3 is 2.14 bits per heavy atom. The van der Waals surface area contributed by atoms with E-state index in [-0.39, 0.29) is 36.3 Å². The van der Waals surface area contributed by atoms with Gasteiger partial charge in [0.15, 0.2) is 0 Å². The van der Waals surface area contributed by atoms with Crippen LogP contribution in [0.5, 0.6) is 0 Å². The molecule has 0 bridgehead atoms. The maximum Gasteiger partial charge on any atom is 0.238 e. The molecule has 5 nitrogen and oxygen atoms in total. The number of anilines is 1. The third kappa shape index (κ3) is 7.17. The molecule has 0 atom stereocenters. The molecule has 2 amide bonds. The van der Waals surface area contributed by atoms with Gasteiger partial charge in [-0.2, -0.15) is 0 Å². The Balaban J connectivity index is 2.49. The van der Waals surface area contributed by atoms with E-state index in [1.165, 1.54) is 24.3 Å². The molecular formula is C16H24FN3O2. The monoisotopic (exact) mass is 309 g/mol. The van der Waals surface area contributed by atoms with Gasteiger partial charge in [0, 0.05) is 11.2 Å². The van der Waals surface area contributed by atoms with Crippen LogP contribution in [0.2, 0.25) is 0 Å². The highest BCUT2D eigenvalue weighted by molar-refractivity contribution is 5.92. The van der Waals surface area contributed by atoms with E-state index in [2.05, 4.69) is 10.6 Å². The first-order valence-electron chi connectivity index (χ1n) is 7.28. The summed E-state index contributed by atoms with van der Waals surface area (Å²) in [6.45, 7) is 8.44. The molecule has 0 heterocycles. The first-order chi connectivity index (χ1) is 10.2. The summed E-state index contributed by atoms with van der Waals surface area (Å²) >= 11 is 0. The van der Waals surface area contributed by atoms with Crippen LogP contribution in [0, 0.1) is 5.82 Å². The molecule has 0 spiro atoms. The van der Waals surface area contributed by atoms with Crippen molar-refractivity contribution in [3.8, 4) is 0 Å². The van der Waals surface area contributed by atoms with E-state index < -0.39 is 0 Å². The molecule has 0 saturated carbocycles. The third-order valence-corrected chi connectivity index (χ3v) is 2.82. The summed E-state index contributed by atoms with van der Waals surface area (Å²) < 4.78 is 12.8. The van der Waals surface area contributed by atoms with Gasteiger partial charge in [-0.25, -0.2) is 4.39 Å². The standard InChI is InChI=1S/C16H24FN3O2/c1-5-20(11-15(22)19-16(2,3)4)10-14(21)18-13-8-6-12(17)7-9-13/h6-9H,5,10-11H2,1-4H3,(H,18,21)(H,19,22). The third-order valence-electron chi connectivity index (χ3n) is 2.82. The number of benzene rings is 1. The van der Waals surface area contributed by atoms with E-state index >= 15 is 0 Å². The lowest BCUT2D eigenvalue weighted by Gasteiger charge is -2.24. The average Bonchev–Trinajstić information content (AvgIpc) is 2.38. The molecule has 122 valence electrons. The van der Waals surface area contributed by atoms with Crippen molar-refractivity contribution in [2.75, 3.05) is 25.0 Å². The van der Waals surface area contributed by atoms with Crippen LogP contribution in [0.15, 0.2) is 24.3 Å². The number of carbonyl (C=O) groups excluding carboxylic acids is 2. The van der Waals surface area contributed by atoms with Crippen LogP contribution in [-0.4, -0.2) is 41.9 Å². The molecule has 0 fully saturated rings. The lowest BCUT2D eigenvalue weighted by molar-refractivity contribution is -0.124. The lowest BCUT2D eigenvalue weighted by atomic mass is 10.1. The molecule has 1 rings (SSSR count). The fraction of sp³-hybridized carbons (Fsp3) is 0.500. The molecular weight excluding hydrogens is 285 g/mol. The molecule has 0 saturated heterocycles. The predicted octanol–water partition coefficient (Wildman–Crippen LogP) is 2.00. The Kier molecular flexibility index (Phi) is 6.49. The van der Waals surface area contributed by atoms with Crippen molar-refractivity contribution in [3.05, 3.63) is 30.1 Å². The normalized spacial score (nSPS) is 11.4. The van der Waals surface area contributed by atoms with Crippen molar-refractivity contribution in [1.29, 1.82) is 0 Å². The summed E-state index contributed by atoms with van der Waals surface area (Å²) in [4.78, 5) is 25.6. The quantitative estimate of drug-likeness (QED) is 0.845. The molecule has 0 aliphatic carbocycles. The second kappa shape index (κ2) is 7.89. The van der Waals surface area contributed by atoms with Gasteiger partial charge in [0.05, 0.1) is 13.1 Å². The van der Waals surface area contributed by atoms with Crippen LogP contribution in [0.1, 0.15) is 27.7 Å². The molecule has 1 aromatic carbocycles. The Bertz CT molecular complexity index is 509. The first-order valence-corrected chi connectivity index (χ1v) is 7.28. The predicted molar refractivity (Wildman–Crippen MR) is 85.0 cm³/mol. The number of likely N-dealkylation sites (N-methyl/N-ethyl adjacent to an activating group) is 1. The Morgan fingerprint density at radius 2 is 1.64 bits per heavy atom. The lowest BCUT2D eigenvalue weighted by Crippen LogP contribution is -2.47. The van der Waals surface area contributed by atoms with Gasteiger partial charge in [0.25, 0.3) is 0 Å². The average molecular weight is 309 g/mol. The van der Waals surface area contributed by atoms with Crippen molar-refractivity contribution < 1.29 is 14.0 Å². The highest BCUT2D eigenvalue weighted by Gasteiger charge is 2.17. The Labute approximate surface area is 130 Å². The molecule has 1 aromatic rings. The van der Waals surface area contributed by atoms with Crippen molar-refractivity contribution in [2.24, 2.45) is 0 Å². The number of nitrogens with one attached hydrogen (secondary N) is 2. The number of carbonyl (C=O) groups is 2. The van der Waals surface area contributed by atoms with E-state index in [0.717, 1.165) is 0 Å². The van der Waals surface area contributed by atoms with Crippen molar-refractivity contribution in [2.45, 2.75) is 33.2 Å². The molecule has 22 heavy (non-hydrogen) atoms. The van der Waals surface area contributed by atoms with Gasteiger partial charge in [0.2, 0.25) is 11.8 Å². The number of hydrogen-bond donors (Lipinski definition) is 2. The van der Waals surface area contributed by atoms with Crippen LogP contribution >= 0.6 is 0 Å². The number of nitrogens with zero attached hydrogens (tertiary/aromatic N) is 1. The zero-order chi connectivity index (χ0) is 16.8. The maximum atomic E-state index is 12.8. The summed E-state index contributed by atoms with van der Waals surface area (Å²) in [5, 5.41) is 5.54. The largest absolute Gasteiger partial charge is 0.350 e. The van der Waals surface area contributed by atoms with Gasteiger partial charge >= 0.3 is 0 Å². The highest BCUT2D eigenvalue weighted by Crippen LogP contribution is 2.08. The summed E-state index contributed by atoms with van der Waals surface area (Å²) in [5.74, 6) is -0.715. The van der Waals surface area contributed by atoms with Crippen LogP contribution in [0.3, 0.4) is 0 Å². The van der Waals surface area contributed by atoms with Gasteiger partial charge in [-0.1, -0.05) is 6.92 Å². The number of amides is 2. The topological polar surface area (TPSA) is 61.4 Å². The van der Waals surface area contributed by atoms with Crippen LogP contribution < -0.4 is 10.6 Å². The highest BCUT2D eigenvalue weighted by atomic mass is 19.1. The van der Waals surface area contributed by atoms with Crippen molar-refractivity contribution in [1.82, 2.24) is 10.2 Å². The minimum Gasteiger partial charge on any atom is -0.350 e. The zero-order valence-electron chi connectivity index (χ0n) is 13.6. The van der Waals surface area contributed by atoms with E-state index in [1.807, 2.05) is 27.7 Å². The number of rotatable bonds is 6. The fourth-order valence-electron chi connectivity index (χ4n) is 1.88. The second-order valence-electron chi connectivity index (χ2n) is 6.16. The molecule has 0 unspecified atom stereocenters. The minimum absolute atomic E-state index is 0.103. The summed E-state index contributed by atoms with van der Waals surface area (Å²) in [7, 11) is 0. The van der Waals surface area contributed by atoms with Gasteiger partial charge in [-0.15, -0.1) is 0 Å². The molecule has 2 N–H and O–H groups in total. The maximum absolute atomic E-state index is 12.8. The molecule has 0 radical (unpaired) electrons. The minimum atomic E-state index is -0.355. The van der Waals surface area contributed by atoms with Gasteiger partial charge < -0.3 is 10.6 Å². The summed E-state index contributed by atoms with van der Waals surface area (Å²) in [6, 6.07) is 5.56. The van der Waals surface area contributed by atoms with E-state index in [4.69, 9.17) is 0 Å². The van der Waals surface area contributed by atoms with Crippen molar-refractivity contribution >= 4 is 17.5 Å². The van der Waals surface area contributed by atoms with Crippen LogP contribution in [0.4, 0.5) is 10.1 Å². The Morgan fingerprint density at radius 1 is 1.09 bits per heavy atom. The van der Waals surface area contributed by atoms with Gasteiger partial charge in [-0.3, -0.25) is 14.5 Å². The van der Waals surface area contributed by atoms with E-state index in [0.29, 0.717) is 12.2 Å². The van der Waals surface area contributed by atoms with Crippen molar-refractivity contribution in [3.63, 3.8) is 0 Å². The summed E-state index contributed by atoms with van der Waals surface area (Å²) in [6.07, 6.45) is 0.